The summed E-state index contributed by atoms with van der Waals surface area (Å²) in [6.45, 7) is 3.13. The van der Waals surface area contributed by atoms with Gasteiger partial charge in [-0.15, -0.1) is 0 Å². The molecule has 1 unspecified atom stereocenters. The van der Waals surface area contributed by atoms with E-state index in [0.717, 1.165) is 17.3 Å². The predicted molar refractivity (Wildman–Crippen MR) is 121 cm³/mol. The largest absolute Gasteiger partial charge is 0.507 e. The molecule has 1 fully saturated rings. The first-order valence-electron chi connectivity index (χ1n) is 10.6. The minimum absolute atomic E-state index is 0.0677. The van der Waals surface area contributed by atoms with Crippen molar-refractivity contribution >= 4 is 28.4 Å². The van der Waals surface area contributed by atoms with Gasteiger partial charge >= 0.3 is 0 Å². The number of ether oxygens (including phenoxy) is 2. The molecule has 1 aliphatic rings. The zero-order valence-electron chi connectivity index (χ0n) is 18.1. The third kappa shape index (κ3) is 3.87. The van der Waals surface area contributed by atoms with Gasteiger partial charge in [-0.05, 0) is 30.2 Å². The van der Waals surface area contributed by atoms with Gasteiger partial charge in [0.1, 0.15) is 11.5 Å². The lowest BCUT2D eigenvalue weighted by atomic mass is 9.95. The highest BCUT2D eigenvalue weighted by Gasteiger charge is 2.46. The van der Waals surface area contributed by atoms with Crippen molar-refractivity contribution in [2.24, 2.45) is 0 Å². The highest BCUT2D eigenvalue weighted by molar-refractivity contribution is 6.46. The average molecular weight is 434 g/mol. The van der Waals surface area contributed by atoms with Crippen LogP contribution in [0.5, 0.6) is 5.75 Å². The second-order valence-electron chi connectivity index (χ2n) is 7.65. The minimum atomic E-state index is -0.723. The molecule has 2 N–H and O–H groups in total. The summed E-state index contributed by atoms with van der Waals surface area (Å²) in [4.78, 5) is 30.5. The van der Waals surface area contributed by atoms with Gasteiger partial charge in [-0.25, -0.2) is 0 Å². The molecule has 1 atom stereocenters. The molecule has 32 heavy (non-hydrogen) atoms. The summed E-state index contributed by atoms with van der Waals surface area (Å²) in [5.41, 5.74) is 2.10. The van der Waals surface area contributed by atoms with Crippen LogP contribution in [0.25, 0.3) is 16.7 Å². The molecule has 0 bridgehead atoms. The number of aliphatic hydroxyl groups is 1. The smallest absolute Gasteiger partial charge is 0.295 e. The van der Waals surface area contributed by atoms with Crippen LogP contribution in [0.3, 0.4) is 0 Å². The minimum Gasteiger partial charge on any atom is -0.507 e. The van der Waals surface area contributed by atoms with E-state index in [1.165, 1.54) is 12.0 Å². The number of benzene rings is 2. The third-order valence-electron chi connectivity index (χ3n) is 5.59. The molecule has 2 aromatic carbocycles. The number of carbonyl (C=O) groups is 2. The Morgan fingerprint density at radius 1 is 1.09 bits per heavy atom. The van der Waals surface area contributed by atoms with E-state index < -0.39 is 17.7 Å². The summed E-state index contributed by atoms with van der Waals surface area (Å²) in [5, 5.41) is 12.0. The number of rotatable bonds is 8. The highest BCUT2D eigenvalue weighted by Crippen LogP contribution is 2.40. The van der Waals surface area contributed by atoms with Gasteiger partial charge in [0.2, 0.25) is 0 Å². The van der Waals surface area contributed by atoms with Crippen molar-refractivity contribution in [3.05, 3.63) is 71.4 Å². The van der Waals surface area contributed by atoms with Crippen LogP contribution < -0.4 is 4.74 Å². The van der Waals surface area contributed by atoms with Crippen LogP contribution in [0.4, 0.5) is 0 Å². The van der Waals surface area contributed by atoms with Crippen molar-refractivity contribution in [2.45, 2.75) is 19.4 Å². The lowest BCUT2D eigenvalue weighted by Crippen LogP contribution is -2.32. The Morgan fingerprint density at radius 2 is 1.84 bits per heavy atom. The van der Waals surface area contributed by atoms with Gasteiger partial charge in [-0.1, -0.05) is 37.3 Å². The molecule has 0 radical (unpaired) electrons. The number of likely N-dealkylation sites (tertiary alicyclic amines) is 1. The number of para-hydroxylation sites is 1. The first-order chi connectivity index (χ1) is 15.6. The summed E-state index contributed by atoms with van der Waals surface area (Å²) in [6, 6.07) is 14.0. The monoisotopic (exact) mass is 434 g/mol. The van der Waals surface area contributed by atoms with E-state index in [4.69, 9.17) is 9.47 Å². The maximum Gasteiger partial charge on any atom is 0.295 e. The van der Waals surface area contributed by atoms with Gasteiger partial charge in [-0.2, -0.15) is 0 Å². The number of aromatic nitrogens is 1. The van der Waals surface area contributed by atoms with Gasteiger partial charge in [-0.3, -0.25) is 9.59 Å². The number of H-pyrrole nitrogens is 1. The number of fused-ring (bicyclic) bond motifs is 1. The number of aliphatic hydroxyl groups excluding tert-OH is 1. The molecule has 2 heterocycles. The van der Waals surface area contributed by atoms with Gasteiger partial charge in [0.25, 0.3) is 11.7 Å². The van der Waals surface area contributed by atoms with Crippen molar-refractivity contribution in [2.75, 3.05) is 26.9 Å². The number of hydrogen-bond donors (Lipinski definition) is 2. The van der Waals surface area contributed by atoms with Crippen LogP contribution in [-0.4, -0.2) is 53.5 Å². The Morgan fingerprint density at radius 3 is 2.56 bits per heavy atom. The summed E-state index contributed by atoms with van der Waals surface area (Å²) in [7, 11) is 1.54. The number of hydrogen-bond acceptors (Lipinski definition) is 5. The third-order valence-corrected chi connectivity index (χ3v) is 5.59. The van der Waals surface area contributed by atoms with E-state index >= 15 is 0 Å². The average Bonchev–Trinajstić information content (AvgIpc) is 3.36. The van der Waals surface area contributed by atoms with Crippen LogP contribution in [0.1, 0.15) is 30.5 Å². The van der Waals surface area contributed by atoms with Crippen molar-refractivity contribution in [1.29, 1.82) is 0 Å². The van der Waals surface area contributed by atoms with Gasteiger partial charge in [0.15, 0.2) is 0 Å². The summed E-state index contributed by atoms with van der Waals surface area (Å²) in [5.74, 6) is -0.849. The number of methoxy groups -OCH3 is 1. The van der Waals surface area contributed by atoms with Crippen LogP contribution in [0.2, 0.25) is 0 Å². The molecule has 1 amide bonds. The molecule has 1 saturated heterocycles. The molecule has 0 saturated carbocycles. The Bertz CT molecular complexity index is 1160. The number of ketones is 1. The fourth-order valence-corrected chi connectivity index (χ4v) is 4.03. The van der Waals surface area contributed by atoms with Crippen molar-refractivity contribution in [1.82, 2.24) is 9.88 Å². The Labute approximate surface area is 186 Å². The molecule has 0 spiro atoms. The van der Waals surface area contributed by atoms with Crippen LogP contribution in [-0.2, 0) is 14.3 Å². The van der Waals surface area contributed by atoms with Crippen molar-refractivity contribution < 1.29 is 24.2 Å². The number of Topliss-reactive ketones (excluding diaryl/α,β-unsaturated/α-hetero) is 1. The fraction of sp³-hybridized carbons (Fsp3) is 0.280. The van der Waals surface area contributed by atoms with E-state index in [2.05, 4.69) is 4.98 Å². The molecule has 4 rings (SSSR count). The van der Waals surface area contributed by atoms with Gasteiger partial charge in [0, 0.05) is 36.3 Å². The predicted octanol–water partition coefficient (Wildman–Crippen LogP) is 4.02. The zero-order chi connectivity index (χ0) is 22.7. The molecule has 166 valence electrons. The molecule has 7 nitrogen and oxygen atoms in total. The molecule has 1 aromatic heterocycles. The van der Waals surface area contributed by atoms with E-state index in [-0.39, 0.29) is 24.5 Å². The Kier molecular flexibility index (Phi) is 6.28. The number of carbonyl (C=O) groups excluding carboxylic acids is 2. The summed E-state index contributed by atoms with van der Waals surface area (Å²) in [6.07, 6.45) is 2.55. The maximum absolute atomic E-state index is 13.1. The summed E-state index contributed by atoms with van der Waals surface area (Å²) >= 11 is 0. The SMILES string of the molecule is CCCOc1ccc(C2/C(=C(/O)c3c[nH]c4ccccc34)C(=O)C(=O)N2CCOC)cc1. The van der Waals surface area contributed by atoms with Gasteiger partial charge < -0.3 is 24.5 Å². The van der Waals surface area contributed by atoms with Crippen LogP contribution >= 0.6 is 0 Å². The first kappa shape index (κ1) is 21.6. The standard InChI is InChI=1S/C25H26N2O5/c1-3-13-32-17-10-8-16(9-11-17)22-21(24(29)25(30)27(22)12-14-31-2)23(28)19-15-26-20-7-5-4-6-18(19)20/h4-11,15,22,26,28H,3,12-14H2,1-2H3/b23-21-. The molecular formula is C25H26N2O5. The van der Waals surface area contributed by atoms with E-state index in [1.807, 2.05) is 55.5 Å². The lowest BCUT2D eigenvalue weighted by molar-refractivity contribution is -0.140. The van der Waals surface area contributed by atoms with E-state index in [9.17, 15) is 14.7 Å². The van der Waals surface area contributed by atoms with E-state index in [1.54, 1.807) is 6.20 Å². The maximum atomic E-state index is 13.1. The topological polar surface area (TPSA) is 91.9 Å². The second-order valence-corrected chi connectivity index (χ2v) is 7.65. The quantitative estimate of drug-likeness (QED) is 0.317. The lowest BCUT2D eigenvalue weighted by Gasteiger charge is -2.25. The Hall–Kier alpha value is -3.58. The normalized spacial score (nSPS) is 17.9. The molecule has 7 heteroatoms. The van der Waals surface area contributed by atoms with Crippen LogP contribution in [0.15, 0.2) is 60.3 Å². The Balaban J connectivity index is 1.82. The molecule has 1 aliphatic heterocycles. The fourth-order valence-electron chi connectivity index (χ4n) is 4.03. The van der Waals surface area contributed by atoms with Crippen molar-refractivity contribution in [3.8, 4) is 5.75 Å². The van der Waals surface area contributed by atoms with Crippen molar-refractivity contribution in [3.63, 3.8) is 0 Å². The highest BCUT2D eigenvalue weighted by atomic mass is 16.5. The second kappa shape index (κ2) is 9.28. The first-order valence-corrected chi connectivity index (χ1v) is 10.6. The zero-order valence-corrected chi connectivity index (χ0v) is 18.1. The van der Waals surface area contributed by atoms with Crippen LogP contribution in [0, 0.1) is 0 Å². The van der Waals surface area contributed by atoms with Gasteiger partial charge in [0.05, 0.1) is 24.8 Å². The molecule has 0 aliphatic carbocycles. The summed E-state index contributed by atoms with van der Waals surface area (Å²) < 4.78 is 10.8. The van der Waals surface area contributed by atoms with E-state index in [0.29, 0.717) is 23.5 Å². The number of nitrogens with one attached hydrogen (secondary N) is 1. The molecule has 3 aromatic rings. The molecular weight excluding hydrogens is 408 g/mol. The number of nitrogens with zero attached hydrogens (tertiary/aromatic N) is 1. The number of aromatic amines is 1. The number of amides is 1.